The van der Waals surface area contributed by atoms with Crippen molar-refractivity contribution in [2.75, 3.05) is 14.2 Å². The van der Waals surface area contributed by atoms with E-state index in [0.717, 1.165) is 24.5 Å². The lowest BCUT2D eigenvalue weighted by Crippen LogP contribution is -2.01. The Bertz CT molecular complexity index is 737. The van der Waals surface area contributed by atoms with Crippen molar-refractivity contribution in [2.45, 2.75) is 29.6 Å². The summed E-state index contributed by atoms with van der Waals surface area (Å²) in [5.74, 6) is 0.905. The summed E-state index contributed by atoms with van der Waals surface area (Å²) < 4.78 is 11.9. The van der Waals surface area contributed by atoms with E-state index in [-0.39, 0.29) is 5.97 Å². The fourth-order valence-electron chi connectivity index (χ4n) is 2.24. The van der Waals surface area contributed by atoms with Crippen molar-refractivity contribution < 1.29 is 14.3 Å². The Morgan fingerprint density at radius 2 is 1.71 bits per heavy atom. The average Bonchev–Trinajstić information content (AvgIpc) is 2.56. The molecule has 2 aromatic carbocycles. The second-order valence-corrected chi connectivity index (χ2v) is 8.21. The predicted octanol–water partition coefficient (Wildman–Crippen LogP) is 6.28. The topological polar surface area (TPSA) is 35.5 Å². The lowest BCUT2D eigenvalue weighted by atomic mass is 10.0. The third-order valence-corrected chi connectivity index (χ3v) is 6.37. The van der Waals surface area contributed by atoms with E-state index in [1.165, 1.54) is 12.7 Å². The number of carbonyl (C=O) groups excluding carboxylic acids is 1. The van der Waals surface area contributed by atoms with Crippen LogP contribution < -0.4 is 4.74 Å². The average molecular weight is 474 g/mol. The predicted molar refractivity (Wildman–Crippen MR) is 104 cm³/mol. The number of hydrogen-bond acceptors (Lipinski definition) is 4. The van der Waals surface area contributed by atoms with Crippen LogP contribution in [0.15, 0.2) is 49.1 Å². The highest BCUT2D eigenvalue weighted by atomic mass is 79.9. The number of ether oxygens (including phenoxy) is 2. The van der Waals surface area contributed by atoms with Crippen molar-refractivity contribution in [1.82, 2.24) is 0 Å². The minimum atomic E-state index is -0.362. The first-order chi connectivity index (χ1) is 11.4. The van der Waals surface area contributed by atoms with Gasteiger partial charge in [0.2, 0.25) is 0 Å². The molecule has 2 aromatic rings. The Labute approximate surface area is 163 Å². The van der Waals surface area contributed by atoms with E-state index in [1.54, 1.807) is 31.0 Å². The minimum Gasteiger partial charge on any atom is -0.496 e. The van der Waals surface area contributed by atoms with Crippen LogP contribution >= 0.6 is 43.6 Å². The summed E-state index contributed by atoms with van der Waals surface area (Å²) >= 11 is 8.71. The molecule has 0 amide bonds. The second kappa shape index (κ2) is 8.41. The molecule has 3 nitrogen and oxygen atoms in total. The van der Waals surface area contributed by atoms with E-state index in [1.807, 2.05) is 12.1 Å². The molecule has 2 rings (SSSR count). The fraction of sp³-hybridized carbons (Fsp3) is 0.278. The van der Waals surface area contributed by atoms with Crippen molar-refractivity contribution in [3.05, 3.63) is 50.4 Å². The normalized spacial score (nSPS) is 10.8. The van der Waals surface area contributed by atoms with Crippen molar-refractivity contribution in [2.24, 2.45) is 0 Å². The highest BCUT2D eigenvalue weighted by Gasteiger charge is 2.15. The number of esters is 1. The first-order valence-electron chi connectivity index (χ1n) is 7.30. The van der Waals surface area contributed by atoms with Crippen molar-refractivity contribution >= 4 is 49.6 Å². The van der Waals surface area contributed by atoms with Crippen LogP contribution in [0.3, 0.4) is 0 Å². The monoisotopic (exact) mass is 472 g/mol. The number of rotatable bonds is 5. The van der Waals surface area contributed by atoms with Crippen LogP contribution in [0.1, 0.15) is 35.7 Å². The van der Waals surface area contributed by atoms with Gasteiger partial charge in [0.25, 0.3) is 0 Å². The van der Waals surface area contributed by atoms with Gasteiger partial charge in [0.05, 0.1) is 19.8 Å². The molecule has 0 radical (unpaired) electrons. The Hall–Kier alpha value is -0.980. The van der Waals surface area contributed by atoms with Gasteiger partial charge in [-0.25, -0.2) is 4.79 Å². The molecule has 0 unspecified atom stereocenters. The maximum atomic E-state index is 11.7. The van der Waals surface area contributed by atoms with Crippen molar-refractivity contribution in [3.63, 3.8) is 0 Å². The van der Waals surface area contributed by atoms with Crippen LogP contribution in [0.5, 0.6) is 5.75 Å². The van der Waals surface area contributed by atoms with Gasteiger partial charge in [-0.15, -0.1) is 0 Å². The van der Waals surface area contributed by atoms with Crippen molar-refractivity contribution in [3.8, 4) is 5.75 Å². The third kappa shape index (κ3) is 4.35. The summed E-state index contributed by atoms with van der Waals surface area (Å²) in [6.45, 7) is 4.28. The number of hydrogen-bond donors (Lipinski definition) is 0. The van der Waals surface area contributed by atoms with E-state index in [4.69, 9.17) is 9.47 Å². The smallest absolute Gasteiger partial charge is 0.337 e. The number of benzene rings is 2. The zero-order chi connectivity index (χ0) is 17.9. The summed E-state index contributed by atoms with van der Waals surface area (Å²) in [5.41, 5.74) is 1.67. The van der Waals surface area contributed by atoms with Crippen LogP contribution in [0.4, 0.5) is 0 Å². The molecule has 24 heavy (non-hydrogen) atoms. The number of halogens is 2. The number of carbonyl (C=O) groups is 1. The van der Waals surface area contributed by atoms with E-state index in [9.17, 15) is 4.79 Å². The van der Waals surface area contributed by atoms with E-state index in [2.05, 4.69) is 51.8 Å². The third-order valence-electron chi connectivity index (χ3n) is 3.46. The molecular weight excluding hydrogens is 456 g/mol. The molecule has 0 aliphatic rings. The van der Waals surface area contributed by atoms with Crippen LogP contribution in [0.2, 0.25) is 0 Å². The summed E-state index contributed by atoms with van der Waals surface area (Å²) in [5, 5.41) is 0. The van der Waals surface area contributed by atoms with Gasteiger partial charge in [-0.05, 0) is 73.7 Å². The molecule has 0 aliphatic carbocycles. The first kappa shape index (κ1) is 19.3. The maximum absolute atomic E-state index is 11.7. The highest BCUT2D eigenvalue weighted by Crippen LogP contribution is 2.41. The molecule has 0 saturated heterocycles. The molecule has 0 fully saturated rings. The van der Waals surface area contributed by atoms with Crippen LogP contribution in [0.25, 0.3) is 0 Å². The van der Waals surface area contributed by atoms with E-state index >= 15 is 0 Å². The summed E-state index contributed by atoms with van der Waals surface area (Å²) in [6, 6.07) is 9.70. The molecule has 0 bridgehead atoms. The molecule has 0 saturated carbocycles. The lowest BCUT2D eigenvalue weighted by Gasteiger charge is -2.14. The van der Waals surface area contributed by atoms with E-state index < -0.39 is 0 Å². The van der Waals surface area contributed by atoms with Gasteiger partial charge >= 0.3 is 5.97 Å². The van der Waals surface area contributed by atoms with Gasteiger partial charge in [-0.2, -0.15) is 0 Å². The van der Waals surface area contributed by atoms with Gasteiger partial charge < -0.3 is 9.47 Å². The Balaban J connectivity index is 2.38. The van der Waals surface area contributed by atoms with Crippen LogP contribution in [0, 0.1) is 0 Å². The zero-order valence-corrected chi connectivity index (χ0v) is 17.8. The number of methoxy groups -OCH3 is 2. The molecule has 0 atom stereocenters. The van der Waals surface area contributed by atoms with Crippen molar-refractivity contribution in [1.29, 1.82) is 0 Å². The SMILES string of the molecule is COC(=O)c1cc(Br)c(Sc2ccc(OC)c(C(C)C)c2)c(Br)c1. The van der Waals surface area contributed by atoms with Crippen LogP contribution in [-0.2, 0) is 4.74 Å². The standard InChI is InChI=1S/C18H18Br2O3S/c1-10(2)13-9-12(5-6-16(13)22-3)24-17-14(19)7-11(8-15(17)20)18(21)23-4/h5-10H,1-4H3. The molecule has 0 aliphatic heterocycles. The highest BCUT2D eigenvalue weighted by molar-refractivity contribution is 9.11. The zero-order valence-electron chi connectivity index (χ0n) is 13.9. The van der Waals surface area contributed by atoms with Gasteiger partial charge in [0.1, 0.15) is 5.75 Å². The summed E-state index contributed by atoms with van der Waals surface area (Å²) in [4.78, 5) is 13.8. The van der Waals surface area contributed by atoms with Gasteiger partial charge in [0, 0.05) is 18.7 Å². The lowest BCUT2D eigenvalue weighted by molar-refractivity contribution is 0.0600. The fourth-order valence-corrected chi connectivity index (χ4v) is 4.78. The largest absolute Gasteiger partial charge is 0.496 e. The van der Waals surface area contributed by atoms with E-state index in [0.29, 0.717) is 11.5 Å². The Kier molecular flexibility index (Phi) is 6.78. The quantitative estimate of drug-likeness (QED) is 0.478. The van der Waals surface area contributed by atoms with Gasteiger partial charge in [-0.1, -0.05) is 25.6 Å². The molecule has 0 N–H and O–H groups in total. The van der Waals surface area contributed by atoms with Gasteiger partial charge in [-0.3, -0.25) is 0 Å². The molecule has 0 spiro atoms. The summed E-state index contributed by atoms with van der Waals surface area (Å²) in [7, 11) is 3.06. The minimum absolute atomic E-state index is 0.362. The molecule has 6 heteroatoms. The van der Waals surface area contributed by atoms with Gasteiger partial charge in [0.15, 0.2) is 0 Å². The maximum Gasteiger partial charge on any atom is 0.337 e. The molecule has 128 valence electrons. The molecule has 0 aromatic heterocycles. The Morgan fingerprint density at radius 1 is 1.08 bits per heavy atom. The van der Waals surface area contributed by atoms with Crippen LogP contribution in [-0.4, -0.2) is 20.2 Å². The Morgan fingerprint density at radius 3 is 2.21 bits per heavy atom. The molecular formula is C18H18Br2O3S. The molecule has 0 heterocycles. The first-order valence-corrected chi connectivity index (χ1v) is 9.70. The summed E-state index contributed by atoms with van der Waals surface area (Å²) in [6.07, 6.45) is 0. The second-order valence-electron chi connectivity index (χ2n) is 5.42.